The Morgan fingerprint density at radius 2 is 1.91 bits per heavy atom. The Hall–Kier alpha value is -0.871. The van der Waals surface area contributed by atoms with Gasteiger partial charge in [-0.3, -0.25) is 14.4 Å². The van der Waals surface area contributed by atoms with E-state index in [1.165, 1.54) is 0 Å². The smallest absolute Gasteiger partial charge is 0.313 e. The molecular formula is C5H6CuO5. The molecule has 0 saturated carbocycles. The van der Waals surface area contributed by atoms with E-state index in [2.05, 4.69) is 4.74 Å². The van der Waals surface area contributed by atoms with Crippen LogP contribution in [0.25, 0.3) is 0 Å². The zero-order valence-corrected chi connectivity index (χ0v) is 6.31. The van der Waals surface area contributed by atoms with Crippen molar-refractivity contribution in [3.05, 3.63) is 0 Å². The summed E-state index contributed by atoms with van der Waals surface area (Å²) in [6.45, 7) is -0.0236. The van der Waals surface area contributed by atoms with Gasteiger partial charge < -0.3 is 9.84 Å². The molecule has 0 aliphatic heterocycles. The van der Waals surface area contributed by atoms with E-state index in [0.717, 1.165) is 0 Å². The summed E-state index contributed by atoms with van der Waals surface area (Å²) in [4.78, 5) is 29.5. The predicted molar refractivity (Wildman–Crippen MR) is 29.0 cm³/mol. The number of hydrogen-bond acceptors (Lipinski definition) is 4. The zero-order chi connectivity index (χ0) is 7.98. The van der Waals surface area contributed by atoms with Crippen molar-refractivity contribution in [2.45, 2.75) is 12.8 Å². The molecular weight excluding hydrogens is 204 g/mol. The predicted octanol–water partition coefficient (Wildman–Crippen LogP) is -0.452. The van der Waals surface area contributed by atoms with Crippen LogP contribution < -0.4 is 0 Å². The van der Waals surface area contributed by atoms with Gasteiger partial charge in [-0.2, -0.15) is 0 Å². The van der Waals surface area contributed by atoms with Crippen LogP contribution in [0.1, 0.15) is 12.8 Å². The molecule has 0 rings (SSSR count). The Bertz CT molecular complexity index is 155. The third kappa shape index (κ3) is 9.13. The van der Waals surface area contributed by atoms with Gasteiger partial charge in [-0.15, -0.1) is 0 Å². The monoisotopic (exact) mass is 209 g/mol. The van der Waals surface area contributed by atoms with Gasteiger partial charge in [0, 0.05) is 17.1 Å². The van der Waals surface area contributed by atoms with E-state index in [4.69, 9.17) is 5.11 Å². The van der Waals surface area contributed by atoms with E-state index in [9.17, 15) is 14.4 Å². The Morgan fingerprint density at radius 1 is 1.36 bits per heavy atom. The minimum Gasteiger partial charge on any atom is -0.481 e. The summed E-state index contributed by atoms with van der Waals surface area (Å²) < 4.78 is 3.81. The van der Waals surface area contributed by atoms with Crippen molar-refractivity contribution in [3.8, 4) is 0 Å². The summed E-state index contributed by atoms with van der Waals surface area (Å²) in [7, 11) is 0. The van der Waals surface area contributed by atoms with Gasteiger partial charge in [0.1, 0.15) is 0 Å². The maximum absolute atomic E-state index is 10.2. The second kappa shape index (κ2) is 7.24. The number of carbonyl (C=O) groups excluding carboxylic acids is 2. The minimum absolute atomic E-state index is 0. The summed E-state index contributed by atoms with van der Waals surface area (Å²) >= 11 is 0. The molecule has 5 nitrogen and oxygen atoms in total. The molecule has 0 saturated heterocycles. The molecule has 1 N–H and O–H groups in total. The summed E-state index contributed by atoms with van der Waals surface area (Å²) in [5.74, 6) is -1.92. The molecule has 0 bridgehead atoms. The molecule has 0 aliphatic carbocycles. The fourth-order valence-electron chi connectivity index (χ4n) is 0.322. The van der Waals surface area contributed by atoms with E-state index in [1.54, 1.807) is 0 Å². The molecule has 0 aliphatic rings. The Morgan fingerprint density at radius 3 is 2.27 bits per heavy atom. The van der Waals surface area contributed by atoms with Crippen LogP contribution in [-0.4, -0.2) is 23.5 Å². The van der Waals surface area contributed by atoms with Crippen molar-refractivity contribution in [2.75, 3.05) is 0 Å². The Balaban J connectivity index is 0. The molecule has 6 heteroatoms. The van der Waals surface area contributed by atoms with Gasteiger partial charge in [-0.25, -0.2) is 0 Å². The molecule has 0 fully saturated rings. The average Bonchev–Trinajstić information content (AvgIpc) is 1.85. The van der Waals surface area contributed by atoms with Gasteiger partial charge in [0.25, 0.3) is 0 Å². The maximum atomic E-state index is 10.2. The fourth-order valence-corrected chi connectivity index (χ4v) is 0.322. The molecule has 0 spiro atoms. The molecule has 0 heterocycles. The molecule has 0 aromatic heterocycles. The van der Waals surface area contributed by atoms with Crippen LogP contribution >= 0.6 is 0 Å². The molecule has 0 amide bonds. The van der Waals surface area contributed by atoms with Crippen molar-refractivity contribution in [1.29, 1.82) is 0 Å². The van der Waals surface area contributed by atoms with Crippen LogP contribution in [-0.2, 0) is 36.2 Å². The van der Waals surface area contributed by atoms with Crippen LogP contribution in [0, 0.1) is 0 Å². The number of hydrogen-bond donors (Lipinski definition) is 1. The van der Waals surface area contributed by atoms with Crippen molar-refractivity contribution >= 4 is 18.4 Å². The van der Waals surface area contributed by atoms with E-state index in [0.29, 0.717) is 0 Å². The van der Waals surface area contributed by atoms with Gasteiger partial charge in [0.2, 0.25) is 0 Å². The standard InChI is InChI=1S/C5H6O5.Cu/c6-3-10-5(9)2-1-4(7)8;/h3H,1-2H2,(H,7,8);. The largest absolute Gasteiger partial charge is 0.481 e. The third-order valence-corrected chi connectivity index (χ3v) is 0.723. The first-order chi connectivity index (χ1) is 4.66. The summed E-state index contributed by atoms with van der Waals surface area (Å²) in [5, 5.41) is 8.03. The number of carboxylic acids is 1. The van der Waals surface area contributed by atoms with Gasteiger partial charge in [0.05, 0.1) is 12.8 Å². The van der Waals surface area contributed by atoms with E-state index in [-0.39, 0.29) is 36.4 Å². The second-order valence-electron chi connectivity index (χ2n) is 1.48. The number of ether oxygens (including phenoxy) is 1. The molecule has 1 radical (unpaired) electrons. The first-order valence-electron chi connectivity index (χ1n) is 2.51. The summed E-state index contributed by atoms with van der Waals surface area (Å²) in [6, 6.07) is 0. The molecule has 67 valence electrons. The van der Waals surface area contributed by atoms with Crippen LogP contribution in [0.4, 0.5) is 0 Å². The van der Waals surface area contributed by atoms with Gasteiger partial charge in [-0.05, 0) is 0 Å². The number of rotatable bonds is 4. The first-order valence-corrected chi connectivity index (χ1v) is 2.51. The SMILES string of the molecule is O=COC(=O)CCC(=O)O.[Cu]. The maximum Gasteiger partial charge on any atom is 0.313 e. The van der Waals surface area contributed by atoms with Crippen LogP contribution in [0.2, 0.25) is 0 Å². The van der Waals surface area contributed by atoms with Gasteiger partial charge in [-0.1, -0.05) is 0 Å². The molecule has 11 heavy (non-hydrogen) atoms. The second-order valence-corrected chi connectivity index (χ2v) is 1.48. The number of carboxylic acid groups (broad SMARTS) is 1. The number of esters is 1. The topological polar surface area (TPSA) is 80.7 Å². The average molecular weight is 210 g/mol. The van der Waals surface area contributed by atoms with Crippen LogP contribution in [0.5, 0.6) is 0 Å². The molecule has 0 aromatic carbocycles. The van der Waals surface area contributed by atoms with E-state index in [1.807, 2.05) is 0 Å². The third-order valence-electron chi connectivity index (χ3n) is 0.723. The number of carbonyl (C=O) groups is 3. The van der Waals surface area contributed by atoms with Crippen molar-refractivity contribution in [2.24, 2.45) is 0 Å². The van der Waals surface area contributed by atoms with Crippen LogP contribution in [0.15, 0.2) is 0 Å². The van der Waals surface area contributed by atoms with E-state index < -0.39 is 11.9 Å². The van der Waals surface area contributed by atoms with Gasteiger partial charge in [0.15, 0.2) is 0 Å². The molecule has 0 unspecified atom stereocenters. The van der Waals surface area contributed by atoms with Crippen LogP contribution in [0.3, 0.4) is 0 Å². The zero-order valence-electron chi connectivity index (χ0n) is 5.37. The van der Waals surface area contributed by atoms with Gasteiger partial charge >= 0.3 is 18.4 Å². The normalized spacial score (nSPS) is 7.64. The van der Waals surface area contributed by atoms with Crippen molar-refractivity contribution in [3.63, 3.8) is 0 Å². The first kappa shape index (κ1) is 12.8. The Kier molecular flexibility index (Phi) is 8.41. The van der Waals surface area contributed by atoms with E-state index >= 15 is 0 Å². The fraction of sp³-hybridized carbons (Fsp3) is 0.400. The minimum atomic E-state index is -1.09. The Labute approximate surface area is 73.2 Å². The van der Waals surface area contributed by atoms with Crippen molar-refractivity contribution < 1.29 is 41.3 Å². The molecule has 0 atom stereocenters. The summed E-state index contributed by atoms with van der Waals surface area (Å²) in [6.07, 6.45) is -0.583. The quantitative estimate of drug-likeness (QED) is 0.294. The van der Waals surface area contributed by atoms with Crippen molar-refractivity contribution in [1.82, 2.24) is 0 Å². The molecule has 0 aromatic rings. The summed E-state index contributed by atoms with van der Waals surface area (Å²) in [5.41, 5.74) is 0. The number of aliphatic carboxylic acids is 1.